The number of hydrogen-bond acceptors (Lipinski definition) is 5. The lowest BCUT2D eigenvalue weighted by Crippen LogP contribution is -2.43. The molecule has 2 fully saturated rings. The number of aromatic nitrogens is 3. The van der Waals surface area contributed by atoms with E-state index in [1.807, 2.05) is 26.0 Å². The second-order valence-corrected chi connectivity index (χ2v) is 8.54. The summed E-state index contributed by atoms with van der Waals surface area (Å²) in [6.45, 7) is 3.90. The van der Waals surface area contributed by atoms with Gasteiger partial charge >= 0.3 is 12.2 Å². The molecule has 4 rings (SSSR count). The highest BCUT2D eigenvalue weighted by atomic mass is 19.4. The molecule has 2 aromatic rings. The molecule has 0 radical (unpaired) electrons. The number of hydrogen-bond donors (Lipinski definition) is 1. The first kappa shape index (κ1) is 22.9. The fourth-order valence-electron chi connectivity index (χ4n) is 3.90. The van der Waals surface area contributed by atoms with E-state index in [0.29, 0.717) is 24.1 Å². The number of nitrogens with zero attached hydrogens (tertiary/aromatic N) is 5. The van der Waals surface area contributed by atoms with Gasteiger partial charge < -0.3 is 10.2 Å². The van der Waals surface area contributed by atoms with Gasteiger partial charge in [0.2, 0.25) is 11.9 Å². The summed E-state index contributed by atoms with van der Waals surface area (Å²) >= 11 is 0. The van der Waals surface area contributed by atoms with Gasteiger partial charge in [0, 0.05) is 18.6 Å². The van der Waals surface area contributed by atoms with E-state index in [0.717, 1.165) is 24.8 Å². The standard InChI is InChI=1S/C22H25F3N6O2/c1-3-13(2)17-11-31(20-27-9-16(10-28-20)22(23,24)25)21(33)30(17)12-19(32)29-18-8-15(6-7-26-18)14-4-5-14/h6-10,13-14,17H,3-5,11-12H2,1-2H3,(H,26,29,32)/t13-,17+/m0/s1. The van der Waals surface area contributed by atoms with Crippen LogP contribution in [0.1, 0.15) is 50.2 Å². The predicted octanol–water partition coefficient (Wildman–Crippen LogP) is 4.06. The van der Waals surface area contributed by atoms with Crippen LogP contribution in [-0.4, -0.2) is 50.9 Å². The van der Waals surface area contributed by atoms with Gasteiger partial charge in [0.05, 0.1) is 18.2 Å². The lowest BCUT2D eigenvalue weighted by molar-refractivity contribution is -0.138. The molecule has 11 heteroatoms. The average molecular weight is 462 g/mol. The van der Waals surface area contributed by atoms with Crippen LogP contribution >= 0.6 is 0 Å². The van der Waals surface area contributed by atoms with Crippen molar-refractivity contribution in [1.29, 1.82) is 0 Å². The van der Waals surface area contributed by atoms with Crippen molar-refractivity contribution in [3.63, 3.8) is 0 Å². The highest BCUT2D eigenvalue weighted by Gasteiger charge is 2.42. The highest BCUT2D eigenvalue weighted by Crippen LogP contribution is 2.40. The van der Waals surface area contributed by atoms with E-state index in [9.17, 15) is 22.8 Å². The van der Waals surface area contributed by atoms with E-state index < -0.39 is 23.7 Å². The summed E-state index contributed by atoms with van der Waals surface area (Å²) in [4.78, 5) is 40.2. The zero-order valence-electron chi connectivity index (χ0n) is 18.3. The normalized spacial score (nSPS) is 19.7. The lowest BCUT2D eigenvalue weighted by atomic mass is 9.99. The molecule has 33 heavy (non-hydrogen) atoms. The number of amides is 3. The Morgan fingerprint density at radius 2 is 1.94 bits per heavy atom. The summed E-state index contributed by atoms with van der Waals surface area (Å²) in [5.41, 5.74) is 0.134. The molecule has 2 aliphatic rings. The molecule has 1 N–H and O–H groups in total. The van der Waals surface area contributed by atoms with Crippen LogP contribution in [0.15, 0.2) is 30.7 Å². The number of urea groups is 1. The number of halogens is 3. The van der Waals surface area contributed by atoms with Gasteiger partial charge in [-0.3, -0.25) is 9.69 Å². The van der Waals surface area contributed by atoms with Gasteiger partial charge in [-0.15, -0.1) is 0 Å². The van der Waals surface area contributed by atoms with E-state index in [1.165, 1.54) is 9.80 Å². The minimum Gasteiger partial charge on any atom is -0.310 e. The molecule has 0 unspecified atom stereocenters. The molecule has 1 aliphatic carbocycles. The molecule has 2 atom stereocenters. The van der Waals surface area contributed by atoms with Crippen LogP contribution in [0.3, 0.4) is 0 Å². The van der Waals surface area contributed by atoms with Gasteiger partial charge in [-0.25, -0.2) is 19.7 Å². The molecule has 0 aromatic carbocycles. The third kappa shape index (κ3) is 5.07. The Morgan fingerprint density at radius 3 is 2.55 bits per heavy atom. The Morgan fingerprint density at radius 1 is 1.24 bits per heavy atom. The fourth-order valence-corrected chi connectivity index (χ4v) is 3.90. The van der Waals surface area contributed by atoms with Crippen molar-refractivity contribution in [2.24, 2.45) is 5.92 Å². The Hall–Kier alpha value is -3.24. The second-order valence-electron chi connectivity index (χ2n) is 8.54. The molecule has 176 valence electrons. The monoisotopic (exact) mass is 462 g/mol. The van der Waals surface area contributed by atoms with E-state index in [2.05, 4.69) is 20.3 Å². The van der Waals surface area contributed by atoms with Crippen LogP contribution in [0.2, 0.25) is 0 Å². The van der Waals surface area contributed by atoms with Crippen molar-refractivity contribution < 1.29 is 22.8 Å². The quantitative estimate of drug-likeness (QED) is 0.670. The van der Waals surface area contributed by atoms with Gasteiger partial charge in [0.1, 0.15) is 12.4 Å². The summed E-state index contributed by atoms with van der Waals surface area (Å²) < 4.78 is 38.5. The minimum atomic E-state index is -4.57. The Balaban J connectivity index is 1.49. The average Bonchev–Trinajstić information content (AvgIpc) is 3.58. The second kappa shape index (κ2) is 8.95. The van der Waals surface area contributed by atoms with E-state index in [1.54, 1.807) is 6.20 Å². The van der Waals surface area contributed by atoms with Crippen molar-refractivity contribution in [2.75, 3.05) is 23.3 Å². The van der Waals surface area contributed by atoms with E-state index in [-0.39, 0.29) is 31.0 Å². The molecule has 1 saturated heterocycles. The number of rotatable bonds is 7. The van der Waals surface area contributed by atoms with Crippen molar-refractivity contribution in [3.05, 3.63) is 41.9 Å². The van der Waals surface area contributed by atoms with E-state index in [4.69, 9.17) is 0 Å². The molecule has 1 saturated carbocycles. The van der Waals surface area contributed by atoms with Crippen LogP contribution < -0.4 is 10.2 Å². The number of anilines is 2. The van der Waals surface area contributed by atoms with Crippen molar-refractivity contribution in [1.82, 2.24) is 19.9 Å². The van der Waals surface area contributed by atoms with Gasteiger partial charge in [-0.05, 0) is 42.4 Å². The molecule has 3 amide bonds. The van der Waals surface area contributed by atoms with Crippen molar-refractivity contribution in [2.45, 2.75) is 51.2 Å². The van der Waals surface area contributed by atoms with Crippen molar-refractivity contribution >= 4 is 23.7 Å². The first-order valence-corrected chi connectivity index (χ1v) is 10.9. The van der Waals surface area contributed by atoms with Crippen LogP contribution in [0.4, 0.5) is 29.7 Å². The number of pyridine rings is 1. The molecule has 2 aromatic heterocycles. The molecule has 0 spiro atoms. The predicted molar refractivity (Wildman–Crippen MR) is 115 cm³/mol. The van der Waals surface area contributed by atoms with Crippen molar-refractivity contribution in [3.8, 4) is 0 Å². The minimum absolute atomic E-state index is 0.0533. The highest BCUT2D eigenvalue weighted by molar-refractivity contribution is 5.98. The molecular formula is C22H25F3N6O2. The summed E-state index contributed by atoms with van der Waals surface area (Å²) in [6.07, 6.45) is 1.39. The maximum atomic E-state index is 13.1. The fraction of sp³-hybridized carbons (Fsp3) is 0.500. The molecule has 3 heterocycles. The first-order chi connectivity index (χ1) is 15.7. The number of carbonyl (C=O) groups excluding carboxylic acids is 2. The van der Waals surface area contributed by atoms with Gasteiger partial charge in [-0.2, -0.15) is 13.2 Å². The lowest BCUT2D eigenvalue weighted by Gasteiger charge is -2.26. The maximum Gasteiger partial charge on any atom is 0.419 e. The van der Waals surface area contributed by atoms with Crippen LogP contribution in [0.5, 0.6) is 0 Å². The third-order valence-electron chi connectivity index (χ3n) is 6.17. The van der Waals surface area contributed by atoms with Gasteiger partial charge in [0.25, 0.3) is 0 Å². The van der Waals surface area contributed by atoms with Gasteiger partial charge in [0.15, 0.2) is 0 Å². The maximum absolute atomic E-state index is 13.1. The van der Waals surface area contributed by atoms with Crippen LogP contribution in [-0.2, 0) is 11.0 Å². The van der Waals surface area contributed by atoms with Crippen LogP contribution in [0.25, 0.3) is 0 Å². The number of nitrogens with one attached hydrogen (secondary N) is 1. The smallest absolute Gasteiger partial charge is 0.310 e. The Labute approximate surface area is 189 Å². The summed E-state index contributed by atoms with van der Waals surface area (Å²) in [6, 6.07) is 2.94. The zero-order valence-corrected chi connectivity index (χ0v) is 18.3. The number of carbonyl (C=O) groups is 2. The van der Waals surface area contributed by atoms with E-state index >= 15 is 0 Å². The largest absolute Gasteiger partial charge is 0.419 e. The summed E-state index contributed by atoms with van der Waals surface area (Å²) in [5, 5.41) is 2.75. The Kier molecular flexibility index (Phi) is 6.22. The SMILES string of the molecule is CC[C@H](C)[C@H]1CN(c2ncc(C(F)(F)F)cn2)C(=O)N1CC(=O)Nc1cc(C2CC2)ccn1. The zero-order chi connectivity index (χ0) is 23.8. The molecule has 0 bridgehead atoms. The molecule has 1 aliphatic heterocycles. The van der Waals surface area contributed by atoms with Gasteiger partial charge in [-0.1, -0.05) is 20.3 Å². The first-order valence-electron chi connectivity index (χ1n) is 10.9. The van der Waals surface area contributed by atoms with Crippen LogP contribution in [0, 0.1) is 5.92 Å². The third-order valence-corrected chi connectivity index (χ3v) is 6.17. The topological polar surface area (TPSA) is 91.3 Å². The summed E-state index contributed by atoms with van der Waals surface area (Å²) in [5.74, 6) is 0.475. The molecule has 8 nitrogen and oxygen atoms in total. The Bertz CT molecular complexity index is 1030. The summed E-state index contributed by atoms with van der Waals surface area (Å²) in [7, 11) is 0. The molecular weight excluding hydrogens is 437 g/mol. The number of alkyl halides is 3.